The summed E-state index contributed by atoms with van der Waals surface area (Å²) >= 11 is 0. The Bertz CT molecular complexity index is 697. The van der Waals surface area contributed by atoms with Gasteiger partial charge in [0.15, 0.2) is 0 Å². The Labute approximate surface area is 134 Å². The molecule has 3 unspecified atom stereocenters. The summed E-state index contributed by atoms with van der Waals surface area (Å²) in [6.45, 7) is 4.66. The van der Waals surface area contributed by atoms with E-state index in [-0.39, 0.29) is 16.7 Å². The van der Waals surface area contributed by atoms with Gasteiger partial charge in [0.2, 0.25) is 0 Å². The molecule has 1 aliphatic carbocycles. The first kappa shape index (κ1) is 19.1. The second-order valence-electron chi connectivity index (χ2n) is 5.13. The van der Waals surface area contributed by atoms with E-state index in [1.807, 2.05) is 0 Å². The second-order valence-corrected chi connectivity index (χ2v) is 6.63. The lowest BCUT2D eigenvalue weighted by Gasteiger charge is -2.37. The lowest BCUT2D eigenvalue weighted by atomic mass is 9.70. The molecule has 23 heavy (non-hydrogen) atoms. The number of carboxylic acid groups (broad SMARTS) is 2. The molecule has 0 radical (unpaired) electrons. The van der Waals surface area contributed by atoms with E-state index >= 15 is 0 Å². The third-order valence-electron chi connectivity index (χ3n) is 3.84. The lowest BCUT2D eigenvalue weighted by Crippen LogP contribution is -2.44. The molecule has 0 heterocycles. The number of hydrogen-bond donors (Lipinski definition) is 3. The lowest BCUT2D eigenvalue weighted by molar-refractivity contribution is -0.141. The van der Waals surface area contributed by atoms with Crippen molar-refractivity contribution in [2.75, 3.05) is 0 Å². The van der Waals surface area contributed by atoms with Gasteiger partial charge in [0.1, 0.15) is 17.1 Å². The quantitative estimate of drug-likeness (QED) is 0.524. The third kappa shape index (κ3) is 3.53. The SMILES string of the molecule is CC=C1C(C(=O)O)C(=CC)C(S(=O)(=O)O)C(=CCC)C1C(=O)O. The topological polar surface area (TPSA) is 129 Å². The van der Waals surface area contributed by atoms with Gasteiger partial charge in [0, 0.05) is 0 Å². The molecule has 3 N–H and O–H groups in total. The highest BCUT2D eigenvalue weighted by Gasteiger charge is 2.50. The van der Waals surface area contributed by atoms with Crippen LogP contribution in [0.4, 0.5) is 0 Å². The van der Waals surface area contributed by atoms with Crippen LogP contribution in [0, 0.1) is 11.8 Å². The monoisotopic (exact) mass is 344 g/mol. The van der Waals surface area contributed by atoms with Crippen LogP contribution in [0.25, 0.3) is 0 Å². The molecule has 0 aromatic heterocycles. The Balaban J connectivity index is 3.84. The number of carbonyl (C=O) groups is 2. The smallest absolute Gasteiger partial charge is 0.314 e. The minimum Gasteiger partial charge on any atom is -0.481 e. The van der Waals surface area contributed by atoms with Gasteiger partial charge < -0.3 is 10.2 Å². The maximum Gasteiger partial charge on any atom is 0.314 e. The van der Waals surface area contributed by atoms with Crippen molar-refractivity contribution in [3.8, 4) is 0 Å². The summed E-state index contributed by atoms with van der Waals surface area (Å²) < 4.78 is 33.3. The van der Waals surface area contributed by atoms with Crippen LogP contribution >= 0.6 is 0 Å². The van der Waals surface area contributed by atoms with E-state index in [1.54, 1.807) is 6.92 Å². The highest BCUT2D eigenvalue weighted by molar-refractivity contribution is 7.86. The van der Waals surface area contributed by atoms with Crippen molar-refractivity contribution in [1.29, 1.82) is 0 Å². The predicted octanol–water partition coefficient (Wildman–Crippen LogP) is 1.89. The van der Waals surface area contributed by atoms with Crippen LogP contribution in [0.3, 0.4) is 0 Å². The van der Waals surface area contributed by atoms with Crippen molar-refractivity contribution in [1.82, 2.24) is 0 Å². The van der Waals surface area contributed by atoms with Crippen molar-refractivity contribution in [2.24, 2.45) is 11.8 Å². The molecule has 0 spiro atoms. The molecule has 1 rings (SSSR count). The van der Waals surface area contributed by atoms with Gasteiger partial charge in [-0.05, 0) is 37.0 Å². The van der Waals surface area contributed by atoms with E-state index in [2.05, 4.69) is 0 Å². The highest BCUT2D eigenvalue weighted by Crippen LogP contribution is 2.45. The van der Waals surface area contributed by atoms with Crippen molar-refractivity contribution >= 4 is 22.1 Å². The standard InChI is InChI=1S/C15H20O7S/c1-4-7-10-12(15(18)19)8(5-2)11(14(16)17)9(6-3)13(10)23(20,21)22/h5-7,11-13H,4H2,1-3H3,(H,16,17)(H,18,19)(H,20,21,22). The maximum absolute atomic E-state index is 11.8. The number of allylic oxidation sites excluding steroid dienone is 3. The first-order chi connectivity index (χ1) is 10.6. The zero-order valence-corrected chi connectivity index (χ0v) is 13.9. The van der Waals surface area contributed by atoms with E-state index < -0.39 is 39.1 Å². The number of hydrogen-bond acceptors (Lipinski definition) is 4. The van der Waals surface area contributed by atoms with Crippen molar-refractivity contribution in [3.05, 3.63) is 34.9 Å². The summed E-state index contributed by atoms with van der Waals surface area (Å²) in [7, 11) is -4.71. The minimum atomic E-state index is -4.71. The first-order valence-electron chi connectivity index (χ1n) is 7.05. The van der Waals surface area contributed by atoms with Gasteiger partial charge >= 0.3 is 11.9 Å². The molecular formula is C15H20O7S. The minimum absolute atomic E-state index is 0.0267. The van der Waals surface area contributed by atoms with Gasteiger partial charge in [-0.3, -0.25) is 14.1 Å². The van der Waals surface area contributed by atoms with Crippen LogP contribution in [-0.2, 0) is 19.7 Å². The second kappa shape index (κ2) is 7.10. The molecule has 7 nitrogen and oxygen atoms in total. The Morgan fingerprint density at radius 2 is 1.43 bits per heavy atom. The van der Waals surface area contributed by atoms with E-state index in [1.165, 1.54) is 32.1 Å². The van der Waals surface area contributed by atoms with E-state index in [9.17, 15) is 32.8 Å². The molecule has 128 valence electrons. The number of carboxylic acids is 2. The average Bonchev–Trinajstić information content (AvgIpc) is 2.43. The molecule has 0 bridgehead atoms. The van der Waals surface area contributed by atoms with Crippen molar-refractivity contribution in [3.63, 3.8) is 0 Å². The highest BCUT2D eigenvalue weighted by atomic mass is 32.2. The summed E-state index contributed by atoms with van der Waals surface area (Å²) in [4.78, 5) is 23.3. The van der Waals surface area contributed by atoms with Gasteiger partial charge in [-0.1, -0.05) is 25.2 Å². The molecule has 1 aliphatic rings. The zero-order valence-electron chi connectivity index (χ0n) is 13.1. The number of rotatable bonds is 4. The molecule has 0 aliphatic heterocycles. The van der Waals surface area contributed by atoms with Crippen LogP contribution in [0.1, 0.15) is 27.2 Å². The number of aliphatic carboxylic acids is 2. The van der Waals surface area contributed by atoms with Crippen LogP contribution in [-0.4, -0.2) is 40.4 Å². The zero-order chi connectivity index (χ0) is 17.9. The molecule has 0 saturated heterocycles. The Hall–Kier alpha value is -1.93. The Morgan fingerprint density at radius 3 is 1.74 bits per heavy atom. The van der Waals surface area contributed by atoms with Crippen molar-refractivity contribution in [2.45, 2.75) is 32.4 Å². The Kier molecular flexibility index (Phi) is 5.90. The summed E-state index contributed by atoms with van der Waals surface area (Å²) in [6, 6.07) is 0. The Morgan fingerprint density at radius 1 is 1.00 bits per heavy atom. The fraction of sp³-hybridized carbons (Fsp3) is 0.467. The average molecular weight is 344 g/mol. The molecule has 0 amide bonds. The van der Waals surface area contributed by atoms with E-state index in [0.717, 1.165) is 0 Å². The van der Waals surface area contributed by atoms with Gasteiger partial charge in [-0.2, -0.15) is 8.42 Å². The molecule has 1 fully saturated rings. The third-order valence-corrected chi connectivity index (χ3v) is 4.98. The van der Waals surface area contributed by atoms with E-state index in [0.29, 0.717) is 6.42 Å². The van der Waals surface area contributed by atoms with Gasteiger partial charge in [-0.25, -0.2) is 0 Å². The molecule has 0 aromatic rings. The molecule has 3 atom stereocenters. The van der Waals surface area contributed by atoms with Crippen molar-refractivity contribution < 1.29 is 32.8 Å². The van der Waals surface area contributed by atoms with Gasteiger partial charge in [0.05, 0.1) is 0 Å². The summed E-state index contributed by atoms with van der Waals surface area (Å²) in [6.07, 6.45) is 4.45. The van der Waals surface area contributed by atoms with Crippen LogP contribution in [0.15, 0.2) is 34.9 Å². The largest absolute Gasteiger partial charge is 0.481 e. The molecule has 1 saturated carbocycles. The normalized spacial score (nSPS) is 30.8. The molecule has 8 heteroatoms. The van der Waals surface area contributed by atoms with Gasteiger partial charge in [0.25, 0.3) is 10.1 Å². The summed E-state index contributed by atoms with van der Waals surface area (Å²) in [5, 5.41) is 17.3. The summed E-state index contributed by atoms with van der Waals surface area (Å²) in [5.41, 5.74) is 0.00389. The van der Waals surface area contributed by atoms with Gasteiger partial charge in [-0.15, -0.1) is 0 Å². The van der Waals surface area contributed by atoms with Crippen LogP contribution in [0.5, 0.6) is 0 Å². The first-order valence-corrected chi connectivity index (χ1v) is 8.56. The fourth-order valence-electron chi connectivity index (χ4n) is 3.07. The molecule has 0 aromatic carbocycles. The molecular weight excluding hydrogens is 324 g/mol. The van der Waals surface area contributed by atoms with Crippen LogP contribution in [0.2, 0.25) is 0 Å². The maximum atomic E-state index is 11.8. The fourth-order valence-corrected chi connectivity index (χ4v) is 4.27. The van der Waals surface area contributed by atoms with E-state index in [4.69, 9.17) is 0 Å². The predicted molar refractivity (Wildman–Crippen MR) is 83.5 cm³/mol. The van der Waals surface area contributed by atoms with Crippen LogP contribution < -0.4 is 0 Å². The summed E-state index contributed by atoms with van der Waals surface area (Å²) in [5.74, 6) is -5.53.